The summed E-state index contributed by atoms with van der Waals surface area (Å²) >= 11 is 0. The van der Waals surface area contributed by atoms with Crippen molar-refractivity contribution >= 4 is 59.3 Å². The molecule has 3 aliphatic heterocycles. The molecule has 16 atom stereocenters. The van der Waals surface area contributed by atoms with Crippen molar-refractivity contribution in [2.75, 3.05) is 45.4 Å². The summed E-state index contributed by atoms with van der Waals surface area (Å²) in [7, 11) is 0.903. The third kappa shape index (κ3) is 20.2. The predicted molar refractivity (Wildman–Crippen MR) is 336 cm³/mol. The summed E-state index contributed by atoms with van der Waals surface area (Å²) in [5.74, 6) is -12.7. The molecule has 3 aliphatic rings. The zero-order valence-electron chi connectivity index (χ0n) is 54.1. The van der Waals surface area contributed by atoms with Crippen LogP contribution in [-0.2, 0) is 106 Å². The van der Waals surface area contributed by atoms with Gasteiger partial charge in [0.15, 0.2) is 37.0 Å². The van der Waals surface area contributed by atoms with Gasteiger partial charge in [0.1, 0.15) is 62.0 Å². The molecular weight excluding hydrogens is 1270 g/mol. The minimum Gasteiger partial charge on any atom is -0.465 e. The molecule has 5 N–H and O–H groups in total. The lowest BCUT2D eigenvalue weighted by Gasteiger charge is -2.52. The fourth-order valence-electron chi connectivity index (χ4n) is 11.3. The Labute approximate surface area is 558 Å². The number of nitrogens with one attached hydrogen (secondary N) is 2. The van der Waals surface area contributed by atoms with Crippen LogP contribution in [0.3, 0.4) is 0 Å². The van der Waals surface area contributed by atoms with E-state index >= 15 is 9.59 Å². The van der Waals surface area contributed by atoms with Crippen LogP contribution in [0.25, 0.3) is 0 Å². The third-order valence-corrected chi connectivity index (χ3v) is 15.4. The van der Waals surface area contributed by atoms with Gasteiger partial charge < -0.3 is 92.5 Å². The Morgan fingerprint density at radius 1 is 0.588 bits per heavy atom. The van der Waals surface area contributed by atoms with E-state index in [0.717, 1.165) is 41.7 Å². The van der Waals surface area contributed by atoms with Gasteiger partial charge in [-0.3, -0.25) is 24.0 Å². The van der Waals surface area contributed by atoms with Crippen molar-refractivity contribution in [1.82, 2.24) is 5.32 Å². The number of methoxy groups -OCH3 is 1. The predicted octanol–water partition coefficient (Wildman–Crippen LogP) is 4.46. The minimum atomic E-state index is -3.18. The minimum absolute atomic E-state index is 0.0507. The molecule has 28 heteroatoms. The number of hydrogen-bond donors (Lipinski definition) is 4. The molecule has 5 aromatic carbocycles. The average Bonchev–Trinajstić information content (AvgIpc) is 0.743. The van der Waals surface area contributed by atoms with Crippen molar-refractivity contribution in [3.8, 4) is 0 Å². The first-order chi connectivity index (χ1) is 46.7. The van der Waals surface area contributed by atoms with Crippen LogP contribution >= 0.6 is 0 Å². The molecular formula is C69H79N3O25. The van der Waals surface area contributed by atoms with E-state index in [-0.39, 0.29) is 36.4 Å². The van der Waals surface area contributed by atoms with Gasteiger partial charge in [-0.15, -0.1) is 0 Å². The maximum Gasteiger partial charge on any atom is 0.366 e. The molecule has 3 saturated heterocycles. The summed E-state index contributed by atoms with van der Waals surface area (Å²) in [5, 5.41) is 17.6. The van der Waals surface area contributed by atoms with Gasteiger partial charge in [0.05, 0.1) is 56.1 Å². The van der Waals surface area contributed by atoms with Crippen LogP contribution in [0.4, 0.5) is 5.69 Å². The first-order valence-electron chi connectivity index (χ1n) is 31.2. The lowest BCUT2D eigenvalue weighted by molar-refractivity contribution is -0.382. The molecule has 97 heavy (non-hydrogen) atoms. The number of ether oxygens (including phenoxy) is 15. The van der Waals surface area contributed by atoms with Gasteiger partial charge in [0, 0.05) is 40.3 Å². The van der Waals surface area contributed by atoms with Crippen molar-refractivity contribution in [1.29, 1.82) is 0 Å². The molecule has 0 aliphatic carbocycles. The number of nitrogens with two attached hydrogens (primary N) is 1. The zero-order chi connectivity index (χ0) is 69.6. The van der Waals surface area contributed by atoms with Crippen molar-refractivity contribution in [2.45, 2.75) is 152 Å². The Hall–Kier alpha value is -9.23. The number of esters is 8. The van der Waals surface area contributed by atoms with E-state index in [1.54, 1.807) is 84.9 Å². The molecule has 520 valence electrons. The summed E-state index contributed by atoms with van der Waals surface area (Å²) in [6.07, 6.45) is -24.6. The Bertz CT molecular complexity index is 3410. The van der Waals surface area contributed by atoms with E-state index in [1.165, 1.54) is 60.7 Å². The van der Waals surface area contributed by atoms with Crippen LogP contribution in [0.15, 0.2) is 152 Å². The molecule has 3 heterocycles. The van der Waals surface area contributed by atoms with E-state index in [4.69, 9.17) is 76.8 Å². The molecule has 12 unspecified atom stereocenters. The number of benzene rings is 5. The average molecular weight is 1350 g/mol. The zero-order valence-corrected chi connectivity index (χ0v) is 54.1. The van der Waals surface area contributed by atoms with Crippen LogP contribution in [0.5, 0.6) is 0 Å². The van der Waals surface area contributed by atoms with Gasteiger partial charge in [-0.25, -0.2) is 19.2 Å². The van der Waals surface area contributed by atoms with Crippen molar-refractivity contribution < 1.29 is 119 Å². The summed E-state index contributed by atoms with van der Waals surface area (Å²) in [5.41, 5.74) is 7.03. The van der Waals surface area contributed by atoms with E-state index in [9.17, 15) is 38.7 Å². The van der Waals surface area contributed by atoms with E-state index in [2.05, 4.69) is 10.6 Å². The number of carbonyl (C=O) groups is 9. The molecule has 0 spiro atoms. The number of amides is 1. The van der Waals surface area contributed by atoms with Crippen LogP contribution in [-0.4, -0.2) is 196 Å². The maximum absolute atomic E-state index is 15.5. The molecule has 3 fully saturated rings. The van der Waals surface area contributed by atoms with Gasteiger partial charge in [0.25, 0.3) is 5.79 Å². The normalized spacial score (nSPS) is 25.8. The molecule has 8 rings (SSSR count). The van der Waals surface area contributed by atoms with Gasteiger partial charge in [-0.05, 0) is 67.1 Å². The molecule has 0 saturated carbocycles. The summed E-state index contributed by atoms with van der Waals surface area (Å²) < 4.78 is 95.1. The van der Waals surface area contributed by atoms with E-state index in [0.29, 0.717) is 17.7 Å². The first kappa shape index (κ1) is 73.6. The lowest BCUT2D eigenvalue weighted by atomic mass is 9.87. The van der Waals surface area contributed by atoms with Crippen LogP contribution in [0.1, 0.15) is 84.1 Å². The first-order valence-corrected chi connectivity index (χ1v) is 31.2. The molecule has 5 aromatic rings. The molecule has 1 amide bonds. The fraction of sp³-hybridized carbons (Fsp3) is 0.435. The Morgan fingerprint density at radius 3 is 1.68 bits per heavy atom. The third-order valence-electron chi connectivity index (χ3n) is 15.4. The number of carbonyl (C=O) groups excluding carboxylic acids is 9. The number of rotatable bonds is 30. The van der Waals surface area contributed by atoms with Crippen molar-refractivity contribution in [2.24, 2.45) is 5.73 Å². The van der Waals surface area contributed by atoms with Crippen LogP contribution in [0.2, 0.25) is 0 Å². The number of hydrogen-bond acceptors (Lipinski definition) is 27. The largest absolute Gasteiger partial charge is 0.465 e. The number of aliphatic hydroxyl groups is 1. The fourth-order valence-corrected chi connectivity index (χ4v) is 11.3. The number of aliphatic hydroxyl groups excluding tert-OH is 1. The van der Waals surface area contributed by atoms with Crippen molar-refractivity contribution in [3.63, 3.8) is 0 Å². The highest BCUT2D eigenvalue weighted by molar-refractivity contribution is 5.91. The van der Waals surface area contributed by atoms with Crippen LogP contribution in [0, 0.1) is 0 Å². The van der Waals surface area contributed by atoms with Crippen LogP contribution < -0.4 is 16.4 Å². The maximum atomic E-state index is 15.5. The number of para-hydroxylation sites is 1. The molecule has 0 bridgehead atoms. The second-order valence-corrected chi connectivity index (χ2v) is 22.6. The standard InChI is InChI=1S/C69H79N3O25/c1-40(74)71-54-50(88-42(3)76)35-69(68(82)83-6,96-60(54)57(90-44(5)78)52(89-43(4)77)38-85-41(2)75)97-61-58(93-64(80)47-27-16-9-17-28-47)53(39-87-63(79)46-25-14-8-15-26-46)92-67(62(61)94-65(81)48-29-18-10-19-30-48)95-56-51(36-73)91-66(84-34-22-33-70)55(72-49-31-20-11-21-32-49)59(56)86-37-45-23-12-7-13-24-45/h7-21,23-32,50-62,66-67,72-73H,22,33-39,70H2,1-6H3,(H,71,74)/t50-,51?,52-,53?,54?,55?,56?,57-,58?,59?,60?,61?,62?,66?,67?,69+/m1/s1. The lowest BCUT2D eigenvalue weighted by Crippen LogP contribution is -2.72. The highest BCUT2D eigenvalue weighted by Crippen LogP contribution is 2.43. The Kier molecular flexibility index (Phi) is 27.1. The van der Waals surface area contributed by atoms with Gasteiger partial charge in [-0.1, -0.05) is 103 Å². The highest BCUT2D eigenvalue weighted by atomic mass is 16.8. The summed E-state index contributed by atoms with van der Waals surface area (Å²) in [6, 6.07) is 37.8. The summed E-state index contributed by atoms with van der Waals surface area (Å²) in [4.78, 5) is 125. The molecule has 28 nitrogen and oxygen atoms in total. The highest BCUT2D eigenvalue weighted by Gasteiger charge is 2.64. The Morgan fingerprint density at radius 2 is 1.14 bits per heavy atom. The topological polar surface area (TPSA) is 362 Å². The molecule has 0 radical (unpaired) electrons. The second kappa shape index (κ2) is 35.7. The van der Waals surface area contributed by atoms with Gasteiger partial charge >= 0.3 is 47.8 Å². The quantitative estimate of drug-likeness (QED) is 0.0280. The van der Waals surface area contributed by atoms with Crippen molar-refractivity contribution in [3.05, 3.63) is 174 Å². The molecule has 0 aromatic heterocycles. The Balaban J connectivity index is 1.39. The van der Waals surface area contributed by atoms with E-state index < -0.39 is 177 Å². The SMILES string of the molecule is COC(=O)[C@@]1(OC2C(OC(=O)c3ccccc3)C(COC(=O)c3ccccc3)OC(OC3C(CO)OC(OCCCN)C(Nc4ccccc4)C3OCc3ccccc3)C2OC(=O)c2ccccc2)C[C@@H](OC(C)=O)C(NC(C)=O)C([C@H](OC(C)=O)[C@@H](COC(C)=O)OC(C)=O)O1. The van der Waals surface area contributed by atoms with Gasteiger partial charge in [0.2, 0.25) is 5.91 Å². The van der Waals surface area contributed by atoms with Gasteiger partial charge in [-0.2, -0.15) is 0 Å². The van der Waals surface area contributed by atoms with E-state index in [1.807, 2.05) is 6.07 Å². The summed E-state index contributed by atoms with van der Waals surface area (Å²) in [6.45, 7) is 2.65. The monoisotopic (exact) mass is 1350 g/mol. The number of anilines is 1. The smallest absolute Gasteiger partial charge is 0.366 e. The second-order valence-electron chi connectivity index (χ2n) is 22.6.